The second kappa shape index (κ2) is 8.15. The number of esters is 2. The molecule has 1 aliphatic heterocycles. The van der Waals surface area contributed by atoms with Crippen molar-refractivity contribution in [2.75, 3.05) is 19.1 Å². The van der Waals surface area contributed by atoms with E-state index >= 15 is 0 Å². The summed E-state index contributed by atoms with van der Waals surface area (Å²) >= 11 is 24.6. The Morgan fingerprint density at radius 3 is 2.16 bits per heavy atom. The Hall–Kier alpha value is -1.66. The van der Waals surface area contributed by atoms with Gasteiger partial charge < -0.3 is 14.4 Å². The number of benzene rings is 1. The van der Waals surface area contributed by atoms with E-state index in [-0.39, 0.29) is 37.0 Å². The molecule has 0 spiro atoms. The van der Waals surface area contributed by atoms with Gasteiger partial charge in [-0.2, -0.15) is 0 Å². The van der Waals surface area contributed by atoms with Crippen LogP contribution >= 0.6 is 46.4 Å². The molecule has 1 aliphatic rings. The van der Waals surface area contributed by atoms with E-state index in [0.717, 1.165) is 0 Å². The van der Waals surface area contributed by atoms with Crippen molar-refractivity contribution in [3.8, 4) is 0 Å². The molecule has 25 heavy (non-hydrogen) atoms. The van der Waals surface area contributed by atoms with Crippen LogP contribution in [-0.2, 0) is 19.1 Å². The molecule has 0 atom stereocenters. The van der Waals surface area contributed by atoms with Gasteiger partial charge in [0.2, 0.25) is 0 Å². The van der Waals surface area contributed by atoms with E-state index in [0.29, 0.717) is 0 Å². The van der Waals surface area contributed by atoms with Gasteiger partial charge >= 0.3 is 11.9 Å². The number of hydrogen-bond acceptors (Lipinski definition) is 5. The van der Waals surface area contributed by atoms with Crippen LogP contribution < -0.4 is 4.90 Å². The van der Waals surface area contributed by atoms with Crippen molar-refractivity contribution >= 4 is 64.0 Å². The third-order valence-corrected chi connectivity index (χ3v) is 4.76. The summed E-state index contributed by atoms with van der Waals surface area (Å²) in [6.45, 7) is 0. The van der Waals surface area contributed by atoms with Crippen LogP contribution in [0, 0.1) is 0 Å². The monoisotopic (exact) mass is 421 g/mol. The minimum absolute atomic E-state index is 0.0105. The Kier molecular flexibility index (Phi) is 6.41. The number of carbonyl (C=O) groups excluding carboxylic acids is 2. The summed E-state index contributed by atoms with van der Waals surface area (Å²) in [5.41, 5.74) is -0.0152. The number of rotatable bonds is 3. The maximum absolute atomic E-state index is 12.4. The Bertz CT molecular complexity index is 830. The molecule has 0 fully saturated rings. The van der Waals surface area contributed by atoms with Gasteiger partial charge in [-0.3, -0.25) is 0 Å². The number of nitrogens with zero attached hydrogens (tertiary/aromatic N) is 1. The largest absolute Gasteiger partial charge is 0.465 e. The summed E-state index contributed by atoms with van der Waals surface area (Å²) in [6, 6.07) is 1.38. The first-order valence-electron chi connectivity index (χ1n) is 6.71. The number of halogens is 4. The van der Waals surface area contributed by atoms with Gasteiger partial charge in [0.05, 0.1) is 45.6 Å². The van der Waals surface area contributed by atoms with Crippen molar-refractivity contribution in [1.82, 2.24) is 0 Å². The normalized spacial score (nSPS) is 13.8. The summed E-state index contributed by atoms with van der Waals surface area (Å²) in [5, 5.41) is 0.333. The van der Waals surface area contributed by atoms with Crippen molar-refractivity contribution in [3.05, 3.63) is 61.9 Å². The third kappa shape index (κ3) is 3.80. The minimum atomic E-state index is -0.796. The molecule has 2 rings (SSSR count). The fraction of sp³-hybridized carbons (Fsp3) is 0.125. The van der Waals surface area contributed by atoms with Gasteiger partial charge in [0, 0.05) is 6.20 Å². The SMILES string of the molecule is COC(=O)C1=C(C(=O)OC)N(c2c(Cl)cc(Cl)c(Cl)c2Cl)C=CC=C1. The van der Waals surface area contributed by atoms with Gasteiger partial charge in [-0.05, 0) is 18.2 Å². The highest BCUT2D eigenvalue weighted by molar-refractivity contribution is 6.51. The molecule has 0 amide bonds. The molecule has 1 aromatic carbocycles. The standard InChI is InChI=1S/C16H11Cl4NO4/c1-24-15(22)8-5-3-4-6-21(13(8)16(23)25-2)14-10(18)7-9(17)11(19)12(14)20/h3-7H,1-2H3. The molecule has 132 valence electrons. The Balaban J connectivity index is 2.81. The first-order chi connectivity index (χ1) is 11.8. The fourth-order valence-corrected chi connectivity index (χ4v) is 3.20. The maximum atomic E-state index is 12.4. The minimum Gasteiger partial charge on any atom is -0.465 e. The van der Waals surface area contributed by atoms with Crippen LogP contribution in [0.2, 0.25) is 20.1 Å². The van der Waals surface area contributed by atoms with Crippen LogP contribution in [0.15, 0.2) is 41.8 Å². The average Bonchev–Trinajstić information content (AvgIpc) is 2.81. The number of methoxy groups -OCH3 is 2. The van der Waals surface area contributed by atoms with E-state index in [1.165, 1.54) is 37.5 Å². The van der Waals surface area contributed by atoms with Gasteiger partial charge in [0.15, 0.2) is 0 Å². The molecule has 5 nitrogen and oxygen atoms in total. The molecule has 1 heterocycles. The van der Waals surface area contributed by atoms with Gasteiger partial charge in [0.25, 0.3) is 0 Å². The molecule has 0 aromatic heterocycles. The second-order valence-corrected chi connectivity index (χ2v) is 6.20. The molecule has 0 N–H and O–H groups in total. The highest BCUT2D eigenvalue weighted by Crippen LogP contribution is 2.45. The van der Waals surface area contributed by atoms with Crippen molar-refractivity contribution in [2.24, 2.45) is 0 Å². The summed E-state index contributed by atoms with van der Waals surface area (Å²) in [6.07, 6.45) is 6.02. The zero-order chi connectivity index (χ0) is 18.7. The van der Waals surface area contributed by atoms with E-state index in [2.05, 4.69) is 0 Å². The van der Waals surface area contributed by atoms with Crippen LogP contribution in [-0.4, -0.2) is 26.2 Å². The zero-order valence-corrected chi connectivity index (χ0v) is 16.0. The van der Waals surface area contributed by atoms with E-state index in [1.807, 2.05) is 0 Å². The average molecular weight is 423 g/mol. The Labute approximate surface area is 164 Å². The van der Waals surface area contributed by atoms with Crippen LogP contribution in [0.5, 0.6) is 0 Å². The van der Waals surface area contributed by atoms with E-state index in [9.17, 15) is 9.59 Å². The summed E-state index contributed by atoms with van der Waals surface area (Å²) < 4.78 is 9.53. The first-order valence-corrected chi connectivity index (χ1v) is 8.22. The zero-order valence-electron chi connectivity index (χ0n) is 13.0. The topological polar surface area (TPSA) is 55.8 Å². The highest BCUT2D eigenvalue weighted by atomic mass is 35.5. The molecular formula is C16H11Cl4NO4. The number of hydrogen-bond donors (Lipinski definition) is 0. The Morgan fingerprint density at radius 2 is 1.56 bits per heavy atom. The molecule has 1 aromatic rings. The lowest BCUT2D eigenvalue weighted by atomic mass is 10.1. The van der Waals surface area contributed by atoms with Gasteiger partial charge in [-0.25, -0.2) is 9.59 Å². The summed E-state index contributed by atoms with van der Waals surface area (Å²) in [7, 11) is 2.37. The van der Waals surface area contributed by atoms with Crippen molar-refractivity contribution in [1.29, 1.82) is 0 Å². The summed E-state index contributed by atoms with van der Waals surface area (Å²) in [4.78, 5) is 25.8. The molecule has 0 radical (unpaired) electrons. The molecule has 0 aliphatic carbocycles. The van der Waals surface area contributed by atoms with Crippen molar-refractivity contribution < 1.29 is 19.1 Å². The highest BCUT2D eigenvalue weighted by Gasteiger charge is 2.30. The van der Waals surface area contributed by atoms with E-state index in [4.69, 9.17) is 55.9 Å². The quantitative estimate of drug-likeness (QED) is 0.398. The molecule has 0 bridgehead atoms. The third-order valence-electron chi connectivity index (χ3n) is 3.22. The number of carbonyl (C=O) groups is 2. The molecule has 9 heteroatoms. The number of anilines is 1. The summed E-state index contributed by atoms with van der Waals surface area (Å²) in [5.74, 6) is -1.53. The molecular weight excluding hydrogens is 412 g/mol. The predicted molar refractivity (Wildman–Crippen MR) is 98.3 cm³/mol. The smallest absolute Gasteiger partial charge is 0.355 e. The lowest BCUT2D eigenvalue weighted by Crippen LogP contribution is -2.27. The Morgan fingerprint density at radius 1 is 0.920 bits per heavy atom. The van der Waals surface area contributed by atoms with E-state index in [1.54, 1.807) is 12.2 Å². The fourth-order valence-electron chi connectivity index (χ4n) is 2.11. The predicted octanol–water partition coefficient (Wildman–Crippen LogP) is 4.79. The first kappa shape index (κ1) is 19.7. The van der Waals surface area contributed by atoms with Crippen LogP contribution in [0.4, 0.5) is 5.69 Å². The van der Waals surface area contributed by atoms with Gasteiger partial charge in [0.1, 0.15) is 5.70 Å². The van der Waals surface area contributed by atoms with Crippen LogP contribution in [0.3, 0.4) is 0 Å². The van der Waals surface area contributed by atoms with E-state index < -0.39 is 11.9 Å². The maximum Gasteiger partial charge on any atom is 0.355 e. The lowest BCUT2D eigenvalue weighted by Gasteiger charge is -2.25. The molecule has 0 saturated carbocycles. The second-order valence-electron chi connectivity index (χ2n) is 4.63. The van der Waals surface area contributed by atoms with Crippen LogP contribution in [0.1, 0.15) is 0 Å². The molecule has 0 unspecified atom stereocenters. The van der Waals surface area contributed by atoms with Crippen molar-refractivity contribution in [3.63, 3.8) is 0 Å². The molecule has 0 saturated heterocycles. The lowest BCUT2D eigenvalue weighted by molar-refractivity contribution is -0.139. The number of allylic oxidation sites excluding steroid dienone is 2. The van der Waals surface area contributed by atoms with Gasteiger partial charge in [-0.15, -0.1) is 0 Å². The van der Waals surface area contributed by atoms with Crippen LogP contribution in [0.25, 0.3) is 0 Å². The number of ether oxygens (including phenoxy) is 2. The van der Waals surface area contributed by atoms with Crippen molar-refractivity contribution in [2.45, 2.75) is 0 Å². The van der Waals surface area contributed by atoms with Gasteiger partial charge in [-0.1, -0.05) is 52.5 Å².